The molecule has 0 saturated heterocycles. The zero-order chi connectivity index (χ0) is 26.0. The third-order valence-electron chi connectivity index (χ3n) is 3.72. The van der Waals surface area contributed by atoms with Crippen LogP contribution in [0.15, 0.2) is 0 Å². The lowest BCUT2D eigenvalue weighted by atomic mass is 10.1. The Kier molecular flexibility index (Phi) is 11.7. The topological polar surface area (TPSA) is 132 Å². The molecule has 0 aromatic carbocycles. The van der Waals surface area contributed by atoms with Crippen molar-refractivity contribution in [1.82, 2.24) is 16.0 Å². The summed E-state index contributed by atoms with van der Waals surface area (Å²) in [5.74, 6) is -1.11. The van der Waals surface area contributed by atoms with E-state index in [9.17, 15) is 19.2 Å². The van der Waals surface area contributed by atoms with E-state index in [4.69, 9.17) is 14.2 Å². The van der Waals surface area contributed by atoms with E-state index in [1.54, 1.807) is 62.3 Å². The Morgan fingerprint density at radius 2 is 1.18 bits per heavy atom. The van der Waals surface area contributed by atoms with Gasteiger partial charge in [0.15, 0.2) is 0 Å². The van der Waals surface area contributed by atoms with Crippen molar-refractivity contribution in [2.24, 2.45) is 0 Å². The molecule has 0 aliphatic heterocycles. The fraction of sp³-hybridized carbons (Fsp3) is 0.826. The van der Waals surface area contributed by atoms with Gasteiger partial charge in [0.25, 0.3) is 0 Å². The van der Waals surface area contributed by atoms with E-state index < -0.39 is 52.9 Å². The third kappa shape index (κ3) is 16.7. The number of carbonyl (C=O) groups excluding carboxylic acids is 4. The summed E-state index contributed by atoms with van der Waals surface area (Å²) in [6.45, 7) is 17.5. The maximum atomic E-state index is 12.6. The predicted octanol–water partition coefficient (Wildman–Crippen LogP) is 3.42. The molecule has 0 fully saturated rings. The average molecular weight is 474 g/mol. The minimum Gasteiger partial charge on any atom is -0.458 e. The van der Waals surface area contributed by atoms with Crippen molar-refractivity contribution in [2.45, 2.75) is 117 Å². The molecule has 0 heterocycles. The molecule has 0 bridgehead atoms. The van der Waals surface area contributed by atoms with Crippen LogP contribution in [0.5, 0.6) is 0 Å². The number of carbonyl (C=O) groups is 4. The number of hydrogen-bond acceptors (Lipinski definition) is 7. The van der Waals surface area contributed by atoms with E-state index in [0.29, 0.717) is 25.8 Å². The molecule has 0 saturated carbocycles. The van der Waals surface area contributed by atoms with Crippen LogP contribution in [0.4, 0.5) is 9.59 Å². The SMILES string of the molecule is C[C@H](NC(=O)OC(C)(C)C)C(=O)N[C@@H](CCCCNC(=O)OC(C)(C)C)C(=O)OC(C)(C)C. The van der Waals surface area contributed by atoms with E-state index in [1.165, 1.54) is 6.92 Å². The van der Waals surface area contributed by atoms with Crippen molar-refractivity contribution < 1.29 is 33.4 Å². The summed E-state index contributed by atoms with van der Waals surface area (Å²) in [7, 11) is 0. The normalized spacial score (nSPS) is 13.9. The maximum absolute atomic E-state index is 12.6. The van der Waals surface area contributed by atoms with E-state index in [0.717, 1.165) is 0 Å². The minimum absolute atomic E-state index is 0.301. The molecule has 3 N–H and O–H groups in total. The molecule has 0 spiro atoms. The van der Waals surface area contributed by atoms with Crippen LogP contribution in [0.3, 0.4) is 0 Å². The molecule has 3 amide bonds. The third-order valence-corrected chi connectivity index (χ3v) is 3.72. The second-order valence-corrected chi connectivity index (χ2v) is 10.9. The lowest BCUT2D eigenvalue weighted by molar-refractivity contribution is -0.159. The smallest absolute Gasteiger partial charge is 0.408 e. The van der Waals surface area contributed by atoms with E-state index >= 15 is 0 Å². The first-order valence-electron chi connectivity index (χ1n) is 11.3. The second-order valence-electron chi connectivity index (χ2n) is 10.9. The van der Waals surface area contributed by atoms with Gasteiger partial charge in [-0.2, -0.15) is 0 Å². The van der Waals surface area contributed by atoms with Crippen LogP contribution in [-0.2, 0) is 23.8 Å². The number of nitrogens with one attached hydrogen (secondary N) is 3. The van der Waals surface area contributed by atoms with E-state index in [1.807, 2.05) is 0 Å². The summed E-state index contributed by atoms with van der Waals surface area (Å²) in [5.41, 5.74) is -2.01. The maximum Gasteiger partial charge on any atom is 0.408 e. The van der Waals surface area contributed by atoms with Crippen LogP contribution < -0.4 is 16.0 Å². The number of ether oxygens (including phenoxy) is 3. The van der Waals surface area contributed by atoms with Crippen molar-refractivity contribution in [2.75, 3.05) is 6.54 Å². The molecular weight excluding hydrogens is 430 g/mol. The molecule has 0 unspecified atom stereocenters. The summed E-state index contributed by atoms with van der Waals surface area (Å²) >= 11 is 0. The highest BCUT2D eigenvalue weighted by atomic mass is 16.6. The van der Waals surface area contributed by atoms with Crippen molar-refractivity contribution in [3.05, 3.63) is 0 Å². The summed E-state index contributed by atoms with van der Waals surface area (Å²) in [6, 6.07) is -1.82. The molecule has 2 atom stereocenters. The molecule has 0 aliphatic carbocycles. The highest BCUT2D eigenvalue weighted by Gasteiger charge is 2.29. The average Bonchev–Trinajstić information content (AvgIpc) is 2.55. The highest BCUT2D eigenvalue weighted by Crippen LogP contribution is 2.12. The quantitative estimate of drug-likeness (QED) is 0.265. The van der Waals surface area contributed by atoms with Crippen molar-refractivity contribution >= 4 is 24.1 Å². The molecule has 0 rings (SSSR count). The number of esters is 1. The standard InChI is InChI=1S/C23H43N3O7/c1-15(25-20(30)33-23(8,9)10)17(27)26-16(18(28)31-21(2,3)4)13-11-12-14-24-19(29)32-22(5,6)7/h15-16H,11-14H2,1-10H3,(H,24,29)(H,25,30)(H,26,27)/t15-,16-/m0/s1. The number of amides is 3. The molecule has 10 heteroatoms. The lowest BCUT2D eigenvalue weighted by Crippen LogP contribution is -2.52. The molecule has 0 aromatic rings. The lowest BCUT2D eigenvalue weighted by Gasteiger charge is -2.26. The summed E-state index contributed by atoms with van der Waals surface area (Å²) in [6.07, 6.45) is 0.165. The highest BCUT2D eigenvalue weighted by molar-refractivity contribution is 5.89. The fourth-order valence-corrected chi connectivity index (χ4v) is 2.45. The molecule has 0 radical (unpaired) electrons. The van der Waals surface area contributed by atoms with Crippen molar-refractivity contribution in [1.29, 1.82) is 0 Å². The first-order valence-corrected chi connectivity index (χ1v) is 11.3. The van der Waals surface area contributed by atoms with Crippen LogP contribution in [0.2, 0.25) is 0 Å². The van der Waals surface area contributed by atoms with Gasteiger partial charge in [0, 0.05) is 6.54 Å². The number of rotatable bonds is 9. The molecule has 0 aromatic heterocycles. The zero-order valence-electron chi connectivity index (χ0n) is 21.8. The summed E-state index contributed by atoms with van der Waals surface area (Å²) in [4.78, 5) is 48.8. The largest absolute Gasteiger partial charge is 0.458 e. The van der Waals surface area contributed by atoms with Crippen LogP contribution in [-0.4, -0.2) is 59.5 Å². The molecule has 0 aliphatic rings. The van der Waals surface area contributed by atoms with Crippen molar-refractivity contribution in [3.63, 3.8) is 0 Å². The zero-order valence-corrected chi connectivity index (χ0v) is 21.8. The van der Waals surface area contributed by atoms with Gasteiger partial charge in [-0.3, -0.25) is 4.79 Å². The Bertz CT molecular complexity index is 673. The predicted molar refractivity (Wildman–Crippen MR) is 125 cm³/mol. The monoisotopic (exact) mass is 473 g/mol. The van der Waals surface area contributed by atoms with E-state index in [2.05, 4.69) is 16.0 Å². The van der Waals surface area contributed by atoms with E-state index in [-0.39, 0.29) is 0 Å². The van der Waals surface area contributed by atoms with Gasteiger partial charge in [-0.05, 0) is 88.5 Å². The summed E-state index contributed by atoms with van der Waals surface area (Å²) in [5, 5.41) is 7.75. The van der Waals surface area contributed by atoms with Crippen LogP contribution in [0.25, 0.3) is 0 Å². The Morgan fingerprint density at radius 1 is 0.697 bits per heavy atom. The van der Waals surface area contributed by atoms with Gasteiger partial charge in [0.05, 0.1) is 0 Å². The van der Waals surface area contributed by atoms with Gasteiger partial charge < -0.3 is 30.2 Å². The number of hydrogen-bond donors (Lipinski definition) is 3. The molecule has 192 valence electrons. The van der Waals surface area contributed by atoms with Crippen LogP contribution in [0, 0.1) is 0 Å². The number of unbranched alkanes of at least 4 members (excludes halogenated alkanes) is 1. The van der Waals surface area contributed by atoms with Gasteiger partial charge in [0.1, 0.15) is 28.9 Å². The van der Waals surface area contributed by atoms with Gasteiger partial charge in [0.2, 0.25) is 5.91 Å². The Hall–Kier alpha value is -2.52. The number of alkyl carbamates (subject to hydrolysis) is 2. The van der Waals surface area contributed by atoms with Crippen LogP contribution >= 0.6 is 0 Å². The Balaban J connectivity index is 4.84. The minimum atomic E-state index is -0.918. The van der Waals surface area contributed by atoms with Gasteiger partial charge >= 0.3 is 18.2 Å². The first-order chi connectivity index (χ1) is 14.8. The summed E-state index contributed by atoms with van der Waals surface area (Å²) < 4.78 is 15.7. The van der Waals surface area contributed by atoms with Gasteiger partial charge in [-0.25, -0.2) is 14.4 Å². The van der Waals surface area contributed by atoms with Gasteiger partial charge in [-0.1, -0.05) is 0 Å². The van der Waals surface area contributed by atoms with Gasteiger partial charge in [-0.15, -0.1) is 0 Å². The molecule has 33 heavy (non-hydrogen) atoms. The Morgan fingerprint density at radius 3 is 1.67 bits per heavy atom. The second kappa shape index (κ2) is 12.6. The molecular formula is C23H43N3O7. The molecule has 10 nitrogen and oxygen atoms in total. The first kappa shape index (κ1) is 30.5. The Labute approximate surface area is 197 Å². The van der Waals surface area contributed by atoms with Crippen molar-refractivity contribution in [3.8, 4) is 0 Å². The fourth-order valence-electron chi connectivity index (χ4n) is 2.45. The van der Waals surface area contributed by atoms with Crippen LogP contribution in [0.1, 0.15) is 88.5 Å².